The van der Waals surface area contributed by atoms with E-state index in [-0.39, 0.29) is 11.7 Å². The molecule has 2 heteroatoms. The Hall–Kier alpha value is -0.860. The molecule has 1 fully saturated rings. The Bertz CT molecular complexity index is 383. The van der Waals surface area contributed by atoms with Crippen molar-refractivity contribution in [2.24, 2.45) is 5.92 Å². The Morgan fingerprint density at radius 2 is 2.00 bits per heavy atom. The van der Waals surface area contributed by atoms with E-state index >= 15 is 0 Å². The first kappa shape index (κ1) is 13.6. The fraction of sp³-hybridized carbons (Fsp3) is 0.625. The first-order chi connectivity index (χ1) is 8.49. The zero-order valence-corrected chi connectivity index (χ0v) is 11.6. The molecule has 0 radical (unpaired) electrons. The topological polar surface area (TPSA) is 29.5 Å². The summed E-state index contributed by atoms with van der Waals surface area (Å²) < 4.78 is 5.88. The van der Waals surface area contributed by atoms with E-state index in [1.54, 1.807) is 0 Å². The molecule has 18 heavy (non-hydrogen) atoms. The number of ether oxygens (including phenoxy) is 1. The van der Waals surface area contributed by atoms with Crippen molar-refractivity contribution in [1.29, 1.82) is 0 Å². The fourth-order valence-electron chi connectivity index (χ4n) is 2.70. The molecule has 1 aliphatic rings. The largest absolute Gasteiger partial charge is 0.393 e. The molecule has 0 saturated carbocycles. The summed E-state index contributed by atoms with van der Waals surface area (Å²) in [6.45, 7) is 7.18. The third kappa shape index (κ3) is 3.12. The lowest BCUT2D eigenvalue weighted by atomic mass is 9.86. The zero-order valence-electron chi connectivity index (χ0n) is 11.6. The first-order valence-electron chi connectivity index (χ1n) is 6.91. The number of benzene rings is 1. The maximum atomic E-state index is 9.80. The van der Waals surface area contributed by atoms with Gasteiger partial charge in [-0.2, -0.15) is 0 Å². The lowest BCUT2D eigenvalue weighted by molar-refractivity contribution is -0.112. The predicted octanol–water partition coefficient (Wildman–Crippen LogP) is 3.27. The van der Waals surface area contributed by atoms with Crippen LogP contribution in [0.4, 0.5) is 0 Å². The lowest BCUT2D eigenvalue weighted by Crippen LogP contribution is -2.37. The normalized spacial score (nSPS) is 28.6. The van der Waals surface area contributed by atoms with Gasteiger partial charge < -0.3 is 9.84 Å². The molecule has 2 rings (SSSR count). The quantitative estimate of drug-likeness (QED) is 0.889. The standard InChI is InChI=1S/C16H24O2/c1-12(2)10-13-4-6-14(7-5-13)16(3)11-15(17)8-9-18-16/h4-7,12,15,17H,8-11H2,1-3H3. The van der Waals surface area contributed by atoms with Crippen LogP contribution >= 0.6 is 0 Å². The minimum atomic E-state index is -0.325. The third-order valence-electron chi connectivity index (χ3n) is 3.71. The van der Waals surface area contributed by atoms with Gasteiger partial charge in [-0.1, -0.05) is 38.1 Å². The number of hydrogen-bond donors (Lipinski definition) is 1. The van der Waals surface area contributed by atoms with Crippen molar-refractivity contribution in [1.82, 2.24) is 0 Å². The van der Waals surface area contributed by atoms with Crippen LogP contribution in [0.5, 0.6) is 0 Å². The van der Waals surface area contributed by atoms with E-state index in [4.69, 9.17) is 4.74 Å². The van der Waals surface area contributed by atoms with Crippen molar-refractivity contribution in [2.45, 2.75) is 51.7 Å². The van der Waals surface area contributed by atoms with Crippen LogP contribution < -0.4 is 0 Å². The van der Waals surface area contributed by atoms with Gasteiger partial charge in [0.05, 0.1) is 18.3 Å². The number of aliphatic hydroxyl groups is 1. The molecule has 1 aromatic rings. The highest BCUT2D eigenvalue weighted by atomic mass is 16.5. The molecule has 0 bridgehead atoms. The van der Waals surface area contributed by atoms with Crippen LogP contribution in [0, 0.1) is 5.92 Å². The van der Waals surface area contributed by atoms with Crippen molar-refractivity contribution in [3.8, 4) is 0 Å². The maximum Gasteiger partial charge on any atom is 0.0927 e. The van der Waals surface area contributed by atoms with Crippen molar-refractivity contribution >= 4 is 0 Å². The highest BCUT2D eigenvalue weighted by Crippen LogP contribution is 2.34. The second kappa shape index (κ2) is 5.41. The van der Waals surface area contributed by atoms with Gasteiger partial charge in [0.2, 0.25) is 0 Å². The summed E-state index contributed by atoms with van der Waals surface area (Å²) in [4.78, 5) is 0. The summed E-state index contributed by atoms with van der Waals surface area (Å²) in [5.74, 6) is 0.680. The van der Waals surface area contributed by atoms with Gasteiger partial charge >= 0.3 is 0 Å². The van der Waals surface area contributed by atoms with Gasteiger partial charge in [0.15, 0.2) is 0 Å². The molecule has 0 aromatic heterocycles. The van der Waals surface area contributed by atoms with E-state index in [0.29, 0.717) is 18.9 Å². The van der Waals surface area contributed by atoms with Crippen molar-refractivity contribution in [2.75, 3.05) is 6.61 Å². The molecule has 2 atom stereocenters. The second-order valence-electron chi connectivity index (χ2n) is 6.02. The van der Waals surface area contributed by atoms with Crippen LogP contribution in [-0.4, -0.2) is 17.8 Å². The van der Waals surface area contributed by atoms with Crippen molar-refractivity contribution in [3.05, 3.63) is 35.4 Å². The zero-order chi connectivity index (χ0) is 13.2. The second-order valence-corrected chi connectivity index (χ2v) is 6.02. The van der Waals surface area contributed by atoms with Crippen LogP contribution in [0.1, 0.15) is 44.7 Å². The average Bonchev–Trinajstić information content (AvgIpc) is 2.28. The van der Waals surface area contributed by atoms with E-state index in [9.17, 15) is 5.11 Å². The molecule has 0 spiro atoms. The van der Waals surface area contributed by atoms with E-state index in [1.165, 1.54) is 11.1 Å². The summed E-state index contributed by atoms with van der Waals surface area (Å²) in [5.41, 5.74) is 2.22. The minimum Gasteiger partial charge on any atom is -0.393 e. The van der Waals surface area contributed by atoms with Gasteiger partial charge in [0.25, 0.3) is 0 Å². The molecule has 1 aliphatic heterocycles. The Balaban J connectivity index is 2.13. The Morgan fingerprint density at radius 1 is 1.33 bits per heavy atom. The van der Waals surface area contributed by atoms with Gasteiger partial charge in [-0.15, -0.1) is 0 Å². The molecule has 1 N–H and O–H groups in total. The van der Waals surface area contributed by atoms with Gasteiger partial charge in [-0.05, 0) is 36.8 Å². The summed E-state index contributed by atoms with van der Waals surface area (Å²) in [7, 11) is 0. The van der Waals surface area contributed by atoms with Crippen LogP contribution in [0.25, 0.3) is 0 Å². The summed E-state index contributed by atoms with van der Waals surface area (Å²) in [6, 6.07) is 8.67. The molecule has 0 amide bonds. The molecular weight excluding hydrogens is 224 g/mol. The minimum absolute atomic E-state index is 0.237. The highest BCUT2D eigenvalue weighted by Gasteiger charge is 2.33. The maximum absolute atomic E-state index is 9.80. The SMILES string of the molecule is CC(C)Cc1ccc(C2(C)CC(O)CCO2)cc1. The molecule has 0 aliphatic carbocycles. The van der Waals surface area contributed by atoms with Crippen molar-refractivity contribution < 1.29 is 9.84 Å². The van der Waals surface area contributed by atoms with Crippen LogP contribution in [0.3, 0.4) is 0 Å². The lowest BCUT2D eigenvalue weighted by Gasteiger charge is -2.37. The molecule has 2 unspecified atom stereocenters. The predicted molar refractivity (Wildman–Crippen MR) is 73.5 cm³/mol. The van der Waals surface area contributed by atoms with E-state index in [2.05, 4.69) is 45.0 Å². The third-order valence-corrected chi connectivity index (χ3v) is 3.71. The Morgan fingerprint density at radius 3 is 2.56 bits per heavy atom. The van der Waals surface area contributed by atoms with Gasteiger partial charge in [-0.25, -0.2) is 0 Å². The summed E-state index contributed by atoms with van der Waals surface area (Å²) in [5, 5.41) is 9.80. The molecule has 100 valence electrons. The first-order valence-corrected chi connectivity index (χ1v) is 6.91. The average molecular weight is 248 g/mol. The number of aliphatic hydroxyl groups excluding tert-OH is 1. The van der Waals surface area contributed by atoms with E-state index in [0.717, 1.165) is 12.8 Å². The highest BCUT2D eigenvalue weighted by molar-refractivity contribution is 5.27. The fourth-order valence-corrected chi connectivity index (χ4v) is 2.70. The Kier molecular flexibility index (Phi) is 4.08. The van der Waals surface area contributed by atoms with Gasteiger partial charge in [0, 0.05) is 6.42 Å². The van der Waals surface area contributed by atoms with Crippen LogP contribution in [0.2, 0.25) is 0 Å². The van der Waals surface area contributed by atoms with Crippen LogP contribution in [0.15, 0.2) is 24.3 Å². The van der Waals surface area contributed by atoms with Gasteiger partial charge in [0.1, 0.15) is 0 Å². The Labute approximate surface area is 110 Å². The summed E-state index contributed by atoms with van der Waals surface area (Å²) >= 11 is 0. The number of hydrogen-bond acceptors (Lipinski definition) is 2. The molecule has 2 nitrogen and oxygen atoms in total. The monoisotopic (exact) mass is 248 g/mol. The van der Waals surface area contributed by atoms with E-state index < -0.39 is 0 Å². The van der Waals surface area contributed by atoms with Gasteiger partial charge in [-0.3, -0.25) is 0 Å². The molecule has 1 aromatic carbocycles. The van der Waals surface area contributed by atoms with Crippen LogP contribution in [-0.2, 0) is 16.8 Å². The van der Waals surface area contributed by atoms with Crippen molar-refractivity contribution in [3.63, 3.8) is 0 Å². The smallest absolute Gasteiger partial charge is 0.0927 e. The van der Waals surface area contributed by atoms with E-state index in [1.807, 2.05) is 0 Å². The molecular formula is C16H24O2. The summed E-state index contributed by atoms with van der Waals surface area (Å²) in [6.07, 6.45) is 2.32. The molecule has 1 heterocycles. The number of rotatable bonds is 3. The molecule has 1 saturated heterocycles.